The van der Waals surface area contributed by atoms with E-state index >= 15 is 0 Å². The van der Waals surface area contributed by atoms with Crippen molar-refractivity contribution < 1.29 is 19.0 Å². The highest BCUT2D eigenvalue weighted by molar-refractivity contribution is 6.02. The van der Waals surface area contributed by atoms with Crippen molar-refractivity contribution in [1.29, 1.82) is 0 Å². The lowest BCUT2D eigenvalue weighted by Crippen LogP contribution is -2.16. The summed E-state index contributed by atoms with van der Waals surface area (Å²) in [5.74, 6) is 0.856. The third kappa shape index (κ3) is 3.51. The third-order valence-electron chi connectivity index (χ3n) is 4.83. The molecular weight excluding hydrogens is 414 g/mol. The number of aromatic amines is 1. The molecule has 0 aliphatic rings. The highest BCUT2D eigenvalue weighted by Gasteiger charge is 2.23. The Morgan fingerprint density at radius 1 is 1.09 bits per heavy atom. The monoisotopic (exact) mass is 435 g/mol. The number of ether oxygens (including phenoxy) is 3. The lowest BCUT2D eigenvalue weighted by atomic mass is 10.1. The fourth-order valence-electron chi connectivity index (χ4n) is 3.41. The number of methoxy groups -OCH3 is 2. The number of nitrogens with two attached hydrogens (primary N) is 1. The summed E-state index contributed by atoms with van der Waals surface area (Å²) in [5, 5.41) is 0. The van der Waals surface area contributed by atoms with Crippen molar-refractivity contribution >= 4 is 17.1 Å². The number of nitrogens with one attached hydrogen (secondary N) is 1. The summed E-state index contributed by atoms with van der Waals surface area (Å²) in [7, 11) is 3.01. The first kappa shape index (κ1) is 20.9. The zero-order valence-corrected chi connectivity index (χ0v) is 17.7. The van der Waals surface area contributed by atoms with Crippen LogP contribution < -0.4 is 25.6 Å². The number of nitrogens with zero attached hydrogens (tertiary/aromatic N) is 3. The fourth-order valence-corrected chi connectivity index (χ4v) is 3.41. The molecule has 0 saturated carbocycles. The van der Waals surface area contributed by atoms with Gasteiger partial charge < -0.3 is 24.9 Å². The van der Waals surface area contributed by atoms with Crippen LogP contribution in [0.1, 0.15) is 17.4 Å². The standard InChI is InChI=1S/C22H21N5O5/c1-4-32-15-8-6-5-7-13(15)20-24-17(19(23)28)18-21(26-20)27(22(29)25-18)14-10-9-12(30-2)11-16(14)31-3/h5-11H,4H2,1-3H3,(H2,23,28)(H,25,29). The van der Waals surface area contributed by atoms with E-state index in [1.54, 1.807) is 36.4 Å². The lowest BCUT2D eigenvalue weighted by Gasteiger charge is -2.12. The molecule has 2 aromatic heterocycles. The average Bonchev–Trinajstić information content (AvgIpc) is 3.13. The number of amides is 1. The summed E-state index contributed by atoms with van der Waals surface area (Å²) in [4.78, 5) is 36.7. The highest BCUT2D eigenvalue weighted by atomic mass is 16.5. The molecule has 0 atom stereocenters. The molecule has 0 fully saturated rings. The van der Waals surface area contributed by atoms with Crippen molar-refractivity contribution in [1.82, 2.24) is 19.5 Å². The van der Waals surface area contributed by atoms with Gasteiger partial charge in [-0.3, -0.25) is 4.79 Å². The Morgan fingerprint density at radius 3 is 2.56 bits per heavy atom. The van der Waals surface area contributed by atoms with Crippen LogP contribution in [0.4, 0.5) is 0 Å². The first-order chi connectivity index (χ1) is 15.5. The second kappa shape index (κ2) is 8.42. The van der Waals surface area contributed by atoms with Crippen molar-refractivity contribution in [3.63, 3.8) is 0 Å². The van der Waals surface area contributed by atoms with Crippen LogP contribution in [0.5, 0.6) is 17.2 Å². The molecule has 164 valence electrons. The summed E-state index contributed by atoms with van der Waals surface area (Å²) in [6.07, 6.45) is 0. The van der Waals surface area contributed by atoms with E-state index in [4.69, 9.17) is 19.9 Å². The molecule has 2 heterocycles. The molecule has 10 heteroatoms. The summed E-state index contributed by atoms with van der Waals surface area (Å²) >= 11 is 0. The van der Waals surface area contributed by atoms with Crippen LogP contribution in [0, 0.1) is 0 Å². The number of rotatable bonds is 7. The van der Waals surface area contributed by atoms with Gasteiger partial charge in [-0.15, -0.1) is 0 Å². The van der Waals surface area contributed by atoms with Gasteiger partial charge in [-0.05, 0) is 31.2 Å². The van der Waals surface area contributed by atoms with Gasteiger partial charge in [0.15, 0.2) is 17.2 Å². The van der Waals surface area contributed by atoms with E-state index in [0.717, 1.165) is 0 Å². The predicted octanol–water partition coefficient (Wildman–Crippen LogP) is 2.29. The molecule has 0 spiro atoms. The van der Waals surface area contributed by atoms with E-state index in [1.165, 1.54) is 18.8 Å². The quantitative estimate of drug-likeness (QED) is 0.455. The molecule has 4 rings (SSSR count). The van der Waals surface area contributed by atoms with Crippen LogP contribution >= 0.6 is 0 Å². The van der Waals surface area contributed by atoms with Crippen LogP contribution in [-0.4, -0.2) is 46.3 Å². The van der Waals surface area contributed by atoms with Crippen LogP contribution in [-0.2, 0) is 0 Å². The average molecular weight is 435 g/mol. The van der Waals surface area contributed by atoms with Gasteiger partial charge in [-0.25, -0.2) is 19.3 Å². The highest BCUT2D eigenvalue weighted by Crippen LogP contribution is 2.32. The van der Waals surface area contributed by atoms with Gasteiger partial charge in [0.1, 0.15) is 22.8 Å². The zero-order valence-electron chi connectivity index (χ0n) is 17.7. The minimum absolute atomic E-state index is 0.111. The topological polar surface area (TPSA) is 134 Å². The zero-order chi connectivity index (χ0) is 22.8. The molecule has 10 nitrogen and oxygen atoms in total. The number of para-hydroxylation sites is 1. The molecular formula is C22H21N5O5. The number of carbonyl (C=O) groups excluding carboxylic acids is 1. The van der Waals surface area contributed by atoms with Crippen LogP contribution in [0.2, 0.25) is 0 Å². The second-order valence-electron chi connectivity index (χ2n) is 6.69. The molecule has 3 N–H and O–H groups in total. The summed E-state index contributed by atoms with van der Waals surface area (Å²) in [5.41, 5.74) is 6.19. The number of hydrogen-bond acceptors (Lipinski definition) is 7. The summed E-state index contributed by atoms with van der Waals surface area (Å²) in [6.45, 7) is 2.29. The Bertz CT molecular complexity index is 1380. The number of H-pyrrole nitrogens is 1. The van der Waals surface area contributed by atoms with Crippen molar-refractivity contribution in [3.05, 3.63) is 58.6 Å². The van der Waals surface area contributed by atoms with Gasteiger partial charge in [0, 0.05) is 6.07 Å². The maximum Gasteiger partial charge on any atom is 0.332 e. The Morgan fingerprint density at radius 2 is 1.88 bits per heavy atom. The third-order valence-corrected chi connectivity index (χ3v) is 4.83. The Labute approximate surface area is 182 Å². The number of primary amides is 1. The van der Waals surface area contributed by atoms with E-state index in [2.05, 4.69) is 15.0 Å². The van der Waals surface area contributed by atoms with Gasteiger partial charge in [0.05, 0.1) is 32.1 Å². The van der Waals surface area contributed by atoms with E-state index in [0.29, 0.717) is 35.1 Å². The Kier molecular flexibility index (Phi) is 5.50. The number of aromatic nitrogens is 4. The molecule has 0 saturated heterocycles. The van der Waals surface area contributed by atoms with E-state index in [1.807, 2.05) is 13.0 Å². The molecule has 2 aromatic carbocycles. The molecule has 32 heavy (non-hydrogen) atoms. The molecule has 1 amide bonds. The van der Waals surface area contributed by atoms with Gasteiger partial charge in [-0.2, -0.15) is 0 Å². The maximum absolute atomic E-state index is 12.9. The van der Waals surface area contributed by atoms with Crippen molar-refractivity contribution in [2.75, 3.05) is 20.8 Å². The van der Waals surface area contributed by atoms with Crippen LogP contribution in [0.3, 0.4) is 0 Å². The van der Waals surface area contributed by atoms with Gasteiger partial charge in [0.2, 0.25) is 0 Å². The molecule has 0 aliphatic carbocycles. The number of benzene rings is 2. The Balaban J connectivity index is 2.05. The molecule has 4 aromatic rings. The maximum atomic E-state index is 12.9. The van der Waals surface area contributed by atoms with E-state index in [-0.39, 0.29) is 22.7 Å². The Hall–Kier alpha value is -4.34. The minimum Gasteiger partial charge on any atom is -0.497 e. The SMILES string of the molecule is CCOc1ccccc1-c1nc(C(N)=O)c2[nH]c(=O)n(-c3ccc(OC)cc3OC)c2n1. The smallest absolute Gasteiger partial charge is 0.332 e. The minimum atomic E-state index is -0.803. The van der Waals surface area contributed by atoms with Gasteiger partial charge >= 0.3 is 5.69 Å². The molecule has 0 unspecified atom stereocenters. The normalized spacial score (nSPS) is 10.8. The van der Waals surface area contributed by atoms with E-state index in [9.17, 15) is 9.59 Å². The number of fused-ring (bicyclic) bond motifs is 1. The first-order valence-corrected chi connectivity index (χ1v) is 9.75. The van der Waals surface area contributed by atoms with Gasteiger partial charge in [-0.1, -0.05) is 12.1 Å². The molecule has 0 bridgehead atoms. The molecule has 0 radical (unpaired) electrons. The summed E-state index contributed by atoms with van der Waals surface area (Å²) < 4.78 is 17.7. The van der Waals surface area contributed by atoms with Crippen LogP contribution in [0.15, 0.2) is 47.3 Å². The fraction of sp³-hybridized carbons (Fsp3) is 0.182. The van der Waals surface area contributed by atoms with E-state index < -0.39 is 11.6 Å². The lowest BCUT2D eigenvalue weighted by molar-refractivity contribution is 0.0997. The van der Waals surface area contributed by atoms with Crippen LogP contribution in [0.25, 0.3) is 28.2 Å². The van der Waals surface area contributed by atoms with Crippen molar-refractivity contribution in [2.24, 2.45) is 5.73 Å². The van der Waals surface area contributed by atoms with Gasteiger partial charge in [0.25, 0.3) is 5.91 Å². The number of carbonyl (C=O) groups is 1. The largest absolute Gasteiger partial charge is 0.497 e. The van der Waals surface area contributed by atoms with Crippen molar-refractivity contribution in [3.8, 4) is 34.3 Å². The second-order valence-corrected chi connectivity index (χ2v) is 6.69. The first-order valence-electron chi connectivity index (χ1n) is 9.75. The number of hydrogen-bond donors (Lipinski definition) is 2. The number of imidazole rings is 1. The van der Waals surface area contributed by atoms with Crippen molar-refractivity contribution in [2.45, 2.75) is 6.92 Å². The predicted molar refractivity (Wildman–Crippen MR) is 118 cm³/mol. The summed E-state index contributed by atoms with van der Waals surface area (Å²) in [6, 6.07) is 12.1. The molecule has 0 aliphatic heterocycles.